The Balaban J connectivity index is 1.25. The van der Waals surface area contributed by atoms with E-state index in [0.29, 0.717) is 17.5 Å². The number of thiophene rings is 1. The average Bonchev–Trinajstić information content (AvgIpc) is 3.74. The minimum atomic E-state index is 0.601. The Hall–Kier alpha value is -6.24. The minimum absolute atomic E-state index is 0.601. The van der Waals surface area contributed by atoms with E-state index in [2.05, 4.69) is 78.9 Å². The quantitative estimate of drug-likeness (QED) is 0.193. The Bertz CT molecular complexity index is 2840. The third kappa shape index (κ3) is 4.24. The normalized spacial score (nSPS) is 11.8. The van der Waals surface area contributed by atoms with Gasteiger partial charge in [0, 0.05) is 58.6 Å². The van der Waals surface area contributed by atoms with E-state index in [1.165, 1.54) is 9.40 Å². The molecule has 4 heterocycles. The molecule has 224 valence electrons. The SMILES string of the molecule is c1ccc(-c2nc(-c3ccc4sc5c6ccccc6nc(-c6ccccc6)c5c4c3)nc(-c3cccc4oc5ccccc5c34)n2)cc1. The van der Waals surface area contributed by atoms with Crippen molar-refractivity contribution in [1.82, 2.24) is 19.9 Å². The predicted octanol–water partition coefficient (Wildman–Crippen LogP) is 11.4. The van der Waals surface area contributed by atoms with Gasteiger partial charge in [-0.15, -0.1) is 11.3 Å². The van der Waals surface area contributed by atoms with Crippen molar-refractivity contribution in [3.63, 3.8) is 0 Å². The van der Waals surface area contributed by atoms with Gasteiger partial charge in [0.2, 0.25) is 0 Å². The van der Waals surface area contributed by atoms with Gasteiger partial charge in [-0.25, -0.2) is 19.9 Å². The van der Waals surface area contributed by atoms with Crippen molar-refractivity contribution in [2.24, 2.45) is 0 Å². The van der Waals surface area contributed by atoms with Gasteiger partial charge in [0.15, 0.2) is 17.5 Å². The zero-order valence-corrected chi connectivity index (χ0v) is 26.3. The van der Waals surface area contributed by atoms with Crippen LogP contribution in [0.25, 0.3) is 98.4 Å². The Morgan fingerprint density at radius 1 is 0.438 bits per heavy atom. The fourth-order valence-corrected chi connectivity index (χ4v) is 7.93. The molecule has 4 aromatic heterocycles. The zero-order chi connectivity index (χ0) is 31.6. The van der Waals surface area contributed by atoms with Crippen molar-refractivity contribution >= 4 is 64.4 Å². The fraction of sp³-hybridized carbons (Fsp3) is 0. The molecule has 6 aromatic carbocycles. The van der Waals surface area contributed by atoms with Crippen LogP contribution in [0, 0.1) is 0 Å². The molecule has 0 saturated carbocycles. The number of pyridine rings is 1. The highest BCUT2D eigenvalue weighted by Gasteiger charge is 2.20. The molecule has 0 aliphatic carbocycles. The van der Waals surface area contributed by atoms with Crippen molar-refractivity contribution in [3.8, 4) is 45.4 Å². The molecule has 0 unspecified atom stereocenters. The van der Waals surface area contributed by atoms with Crippen LogP contribution < -0.4 is 0 Å². The first-order valence-corrected chi connectivity index (χ1v) is 16.6. The molecule has 0 radical (unpaired) electrons. The number of fused-ring (bicyclic) bond motifs is 8. The summed E-state index contributed by atoms with van der Waals surface area (Å²) in [5.41, 5.74) is 7.45. The maximum atomic E-state index is 6.23. The van der Waals surface area contributed by atoms with Gasteiger partial charge < -0.3 is 4.42 Å². The third-order valence-electron chi connectivity index (χ3n) is 8.92. The number of benzene rings is 6. The molecule has 5 nitrogen and oxygen atoms in total. The average molecular weight is 633 g/mol. The standard InChI is InChI=1S/C42H24N4OS/c1-3-12-25(13-4-1)38-37-31-24-27(22-23-35(31)48-39(37)28-16-7-9-19-32(28)43-38)41-44-40(26-14-5-2-6-15-26)45-42(46-41)30-18-11-21-34-36(30)29-17-8-10-20-33(29)47-34/h1-24H. The number of hydrogen-bond acceptors (Lipinski definition) is 6. The second-order valence-corrected chi connectivity index (χ2v) is 12.9. The summed E-state index contributed by atoms with van der Waals surface area (Å²) in [6, 6.07) is 49.6. The number of aromatic nitrogens is 4. The molecule has 0 bridgehead atoms. The summed E-state index contributed by atoms with van der Waals surface area (Å²) >= 11 is 1.80. The van der Waals surface area contributed by atoms with Gasteiger partial charge in [-0.05, 0) is 36.4 Å². The maximum absolute atomic E-state index is 6.23. The van der Waals surface area contributed by atoms with Gasteiger partial charge >= 0.3 is 0 Å². The van der Waals surface area contributed by atoms with Crippen molar-refractivity contribution < 1.29 is 4.42 Å². The molecular formula is C42H24N4OS. The van der Waals surface area contributed by atoms with Gasteiger partial charge in [-0.1, -0.05) is 109 Å². The van der Waals surface area contributed by atoms with Gasteiger partial charge in [-0.2, -0.15) is 0 Å². The van der Waals surface area contributed by atoms with Crippen LogP contribution in [0.15, 0.2) is 150 Å². The Morgan fingerprint density at radius 3 is 1.94 bits per heavy atom. The number of hydrogen-bond donors (Lipinski definition) is 0. The summed E-state index contributed by atoms with van der Waals surface area (Å²) < 4.78 is 8.65. The second kappa shape index (κ2) is 10.7. The first-order chi connectivity index (χ1) is 23.8. The van der Waals surface area contributed by atoms with Gasteiger partial charge in [0.25, 0.3) is 0 Å². The lowest BCUT2D eigenvalue weighted by Gasteiger charge is -2.10. The van der Waals surface area contributed by atoms with E-state index >= 15 is 0 Å². The topological polar surface area (TPSA) is 64.7 Å². The smallest absolute Gasteiger partial charge is 0.164 e. The van der Waals surface area contributed by atoms with Crippen LogP contribution in [0.4, 0.5) is 0 Å². The van der Waals surface area contributed by atoms with Crippen LogP contribution in [0.3, 0.4) is 0 Å². The summed E-state index contributed by atoms with van der Waals surface area (Å²) in [5, 5.41) is 5.47. The molecule has 10 rings (SSSR count). The molecule has 0 atom stereocenters. The fourth-order valence-electron chi connectivity index (χ4n) is 6.71. The first kappa shape index (κ1) is 26.9. The van der Waals surface area contributed by atoms with Crippen molar-refractivity contribution in [2.75, 3.05) is 0 Å². The predicted molar refractivity (Wildman–Crippen MR) is 197 cm³/mol. The summed E-state index contributed by atoms with van der Waals surface area (Å²) in [5.74, 6) is 1.83. The van der Waals surface area contributed by atoms with E-state index in [4.69, 9.17) is 24.4 Å². The van der Waals surface area contributed by atoms with Crippen LogP contribution in [-0.2, 0) is 0 Å². The highest BCUT2D eigenvalue weighted by Crippen LogP contribution is 2.44. The van der Waals surface area contributed by atoms with Crippen molar-refractivity contribution in [1.29, 1.82) is 0 Å². The lowest BCUT2D eigenvalue weighted by Crippen LogP contribution is -2.00. The van der Waals surface area contributed by atoms with Crippen LogP contribution in [-0.4, -0.2) is 19.9 Å². The molecule has 0 aliphatic heterocycles. The maximum Gasteiger partial charge on any atom is 0.164 e. The summed E-state index contributed by atoms with van der Waals surface area (Å²) in [6.45, 7) is 0. The highest BCUT2D eigenvalue weighted by molar-refractivity contribution is 7.26. The molecule has 0 N–H and O–H groups in total. The highest BCUT2D eigenvalue weighted by atomic mass is 32.1. The van der Waals surface area contributed by atoms with Crippen molar-refractivity contribution in [3.05, 3.63) is 146 Å². The molecule has 0 fully saturated rings. The molecule has 0 spiro atoms. The third-order valence-corrected chi connectivity index (χ3v) is 10.1. The Kier molecular flexibility index (Phi) is 5.98. The second-order valence-electron chi connectivity index (χ2n) is 11.8. The number of furan rings is 1. The van der Waals surface area contributed by atoms with E-state index in [1.807, 2.05) is 66.7 Å². The van der Waals surface area contributed by atoms with Crippen LogP contribution in [0.5, 0.6) is 0 Å². The summed E-state index contributed by atoms with van der Waals surface area (Å²) in [6.07, 6.45) is 0. The van der Waals surface area contributed by atoms with E-state index in [1.54, 1.807) is 11.3 Å². The molecule has 48 heavy (non-hydrogen) atoms. The first-order valence-electron chi connectivity index (χ1n) is 15.8. The van der Waals surface area contributed by atoms with Crippen LogP contribution >= 0.6 is 11.3 Å². The summed E-state index contributed by atoms with van der Waals surface area (Å²) in [4.78, 5) is 20.5. The Labute approximate surface area is 278 Å². The lowest BCUT2D eigenvalue weighted by molar-refractivity contribution is 0.669. The van der Waals surface area contributed by atoms with E-state index in [-0.39, 0.29) is 0 Å². The number of para-hydroxylation sites is 2. The Morgan fingerprint density at radius 2 is 1.10 bits per heavy atom. The molecule has 0 saturated heterocycles. The zero-order valence-electron chi connectivity index (χ0n) is 25.5. The van der Waals surface area contributed by atoms with Gasteiger partial charge in [-0.3, -0.25) is 0 Å². The number of nitrogens with zero attached hydrogens (tertiary/aromatic N) is 4. The van der Waals surface area contributed by atoms with Crippen molar-refractivity contribution in [2.45, 2.75) is 0 Å². The van der Waals surface area contributed by atoms with Gasteiger partial charge in [0.05, 0.1) is 11.2 Å². The van der Waals surface area contributed by atoms with E-state index in [0.717, 1.165) is 71.6 Å². The summed E-state index contributed by atoms with van der Waals surface area (Å²) in [7, 11) is 0. The largest absolute Gasteiger partial charge is 0.456 e. The molecule has 6 heteroatoms. The van der Waals surface area contributed by atoms with Crippen LogP contribution in [0.2, 0.25) is 0 Å². The van der Waals surface area contributed by atoms with Crippen LogP contribution in [0.1, 0.15) is 0 Å². The monoisotopic (exact) mass is 632 g/mol. The molecule has 0 aliphatic rings. The molecular weight excluding hydrogens is 609 g/mol. The molecule has 0 amide bonds. The molecule has 10 aromatic rings. The minimum Gasteiger partial charge on any atom is -0.456 e. The van der Waals surface area contributed by atoms with E-state index in [9.17, 15) is 0 Å². The number of rotatable bonds is 4. The lowest BCUT2D eigenvalue weighted by atomic mass is 10.0. The van der Waals surface area contributed by atoms with Gasteiger partial charge in [0.1, 0.15) is 11.2 Å². The van der Waals surface area contributed by atoms with E-state index < -0.39 is 0 Å².